The van der Waals surface area contributed by atoms with Gasteiger partial charge in [0.05, 0.1) is 5.56 Å². The fraction of sp³-hybridized carbons (Fsp3) is 0.500. The average molecular weight is 680 g/mol. The normalized spacial score (nSPS) is 17.9. The van der Waals surface area contributed by atoms with Crippen LogP contribution in [-0.2, 0) is 0 Å². The number of fused-ring (bicyclic) bond motifs is 1. The monoisotopic (exact) mass is 679 g/mol. The van der Waals surface area contributed by atoms with Crippen molar-refractivity contribution in [1.29, 1.82) is 0 Å². The summed E-state index contributed by atoms with van der Waals surface area (Å²) >= 11 is 0. The van der Waals surface area contributed by atoms with Crippen LogP contribution < -0.4 is 19.8 Å². The standard InChI is InChI=1S/C42H53N3O5/c46-42-41(34-12-16-36(17-13-34)48-30-27-44-22-6-2-7-23-44)40(33-10-14-35(15-11-33)47-29-26-43-20-4-1-5-21-43)38-19-18-37(32-39(38)50-42)49-31-28-45-24-8-3-9-25-45/h10-19,32H,1-9,20-31H2. The topological polar surface area (TPSA) is 67.6 Å². The molecule has 0 radical (unpaired) electrons. The van der Waals surface area contributed by atoms with E-state index in [2.05, 4.69) is 26.8 Å². The molecular weight excluding hydrogens is 626 g/mol. The Bertz CT molecular complexity index is 1700. The summed E-state index contributed by atoms with van der Waals surface area (Å²) in [4.78, 5) is 21.3. The van der Waals surface area contributed by atoms with Gasteiger partial charge in [0.25, 0.3) is 0 Å². The van der Waals surface area contributed by atoms with Gasteiger partial charge >= 0.3 is 5.63 Å². The molecule has 0 saturated carbocycles. The molecule has 266 valence electrons. The highest BCUT2D eigenvalue weighted by Crippen LogP contribution is 2.38. The quantitative estimate of drug-likeness (QED) is 0.126. The summed E-state index contributed by atoms with van der Waals surface area (Å²) in [7, 11) is 0. The molecule has 4 aromatic rings. The third-order valence-corrected chi connectivity index (χ3v) is 10.5. The fourth-order valence-electron chi connectivity index (χ4n) is 7.70. The molecule has 0 amide bonds. The average Bonchev–Trinajstić information content (AvgIpc) is 3.16. The molecule has 0 aliphatic carbocycles. The number of likely N-dealkylation sites (tertiary alicyclic amines) is 3. The van der Waals surface area contributed by atoms with Crippen LogP contribution in [0.4, 0.5) is 0 Å². The van der Waals surface area contributed by atoms with Gasteiger partial charge < -0.3 is 18.6 Å². The predicted molar refractivity (Wildman–Crippen MR) is 201 cm³/mol. The summed E-state index contributed by atoms with van der Waals surface area (Å²) in [6.45, 7) is 11.6. The second-order valence-electron chi connectivity index (χ2n) is 14.1. The highest BCUT2D eigenvalue weighted by molar-refractivity contribution is 6.01. The van der Waals surface area contributed by atoms with E-state index in [9.17, 15) is 4.79 Å². The minimum absolute atomic E-state index is 0.376. The number of hydrogen-bond donors (Lipinski definition) is 0. The van der Waals surface area contributed by atoms with Gasteiger partial charge in [0.2, 0.25) is 0 Å². The molecule has 1 aromatic heterocycles. The maximum Gasteiger partial charge on any atom is 0.344 e. The zero-order chi connectivity index (χ0) is 34.0. The summed E-state index contributed by atoms with van der Waals surface area (Å²) < 4.78 is 24.4. The Hall–Kier alpha value is -3.85. The van der Waals surface area contributed by atoms with Crippen molar-refractivity contribution in [3.8, 4) is 39.5 Å². The Labute approximate surface area is 296 Å². The molecule has 7 rings (SSSR count). The second-order valence-corrected chi connectivity index (χ2v) is 14.1. The third-order valence-electron chi connectivity index (χ3n) is 10.5. The van der Waals surface area contributed by atoms with Crippen molar-refractivity contribution in [2.75, 3.05) is 78.7 Å². The molecule has 8 heteroatoms. The Morgan fingerprint density at radius 2 is 0.880 bits per heavy atom. The molecule has 3 aliphatic heterocycles. The highest BCUT2D eigenvalue weighted by Gasteiger charge is 2.20. The lowest BCUT2D eigenvalue weighted by Crippen LogP contribution is -2.33. The zero-order valence-corrected chi connectivity index (χ0v) is 29.6. The number of piperidine rings is 3. The van der Waals surface area contributed by atoms with E-state index in [-0.39, 0.29) is 5.63 Å². The number of rotatable bonds is 14. The lowest BCUT2D eigenvalue weighted by atomic mass is 9.93. The molecule has 0 unspecified atom stereocenters. The molecular formula is C42H53N3O5. The molecule has 4 heterocycles. The van der Waals surface area contributed by atoms with Crippen molar-refractivity contribution < 1.29 is 18.6 Å². The van der Waals surface area contributed by atoms with E-state index in [4.69, 9.17) is 18.6 Å². The van der Waals surface area contributed by atoms with Crippen LogP contribution in [0, 0.1) is 0 Å². The molecule has 0 atom stereocenters. The molecule has 0 spiro atoms. The SMILES string of the molecule is O=c1oc2cc(OCCN3CCCCC3)ccc2c(-c2ccc(OCCN3CCCCC3)cc2)c1-c1ccc(OCCN2CCCCC2)cc1. The first-order chi connectivity index (χ1) is 24.7. The number of ether oxygens (including phenoxy) is 3. The Kier molecular flexibility index (Phi) is 12.0. The fourth-order valence-corrected chi connectivity index (χ4v) is 7.70. The second kappa shape index (κ2) is 17.4. The third kappa shape index (κ3) is 9.08. The molecule has 8 nitrogen and oxygen atoms in total. The van der Waals surface area contributed by atoms with Crippen LogP contribution in [0.2, 0.25) is 0 Å². The van der Waals surface area contributed by atoms with Gasteiger partial charge in [0, 0.05) is 36.7 Å². The minimum atomic E-state index is -0.376. The first kappa shape index (κ1) is 34.6. The summed E-state index contributed by atoms with van der Waals surface area (Å²) in [5.41, 5.74) is 3.25. The largest absolute Gasteiger partial charge is 0.492 e. The van der Waals surface area contributed by atoms with E-state index in [1.165, 1.54) is 57.8 Å². The molecule has 3 aromatic carbocycles. The maximum absolute atomic E-state index is 13.9. The van der Waals surface area contributed by atoms with Gasteiger partial charge in [-0.1, -0.05) is 43.5 Å². The lowest BCUT2D eigenvalue weighted by Gasteiger charge is -2.26. The van der Waals surface area contributed by atoms with E-state index >= 15 is 0 Å². The van der Waals surface area contributed by atoms with Gasteiger partial charge in [-0.05, 0) is 125 Å². The van der Waals surface area contributed by atoms with Crippen LogP contribution in [-0.4, -0.2) is 93.4 Å². The van der Waals surface area contributed by atoms with Crippen LogP contribution in [0.25, 0.3) is 33.2 Å². The van der Waals surface area contributed by atoms with E-state index in [0.717, 1.165) is 92.5 Å². The van der Waals surface area contributed by atoms with Crippen LogP contribution in [0.15, 0.2) is 75.9 Å². The predicted octanol–water partition coefficient (Wildman–Crippen LogP) is 7.72. The zero-order valence-electron chi connectivity index (χ0n) is 29.6. The van der Waals surface area contributed by atoms with Crippen molar-refractivity contribution in [3.63, 3.8) is 0 Å². The molecule has 3 aliphatic rings. The Morgan fingerprint density at radius 3 is 1.34 bits per heavy atom. The van der Waals surface area contributed by atoms with Crippen molar-refractivity contribution in [2.24, 2.45) is 0 Å². The van der Waals surface area contributed by atoms with Gasteiger partial charge in [-0.2, -0.15) is 0 Å². The molecule has 0 N–H and O–H groups in total. The first-order valence-electron chi connectivity index (χ1n) is 19.1. The van der Waals surface area contributed by atoms with Crippen molar-refractivity contribution >= 4 is 11.0 Å². The van der Waals surface area contributed by atoms with Gasteiger partial charge in [0.1, 0.15) is 42.7 Å². The highest BCUT2D eigenvalue weighted by atomic mass is 16.5. The first-order valence-corrected chi connectivity index (χ1v) is 19.1. The van der Waals surface area contributed by atoms with Crippen LogP contribution >= 0.6 is 0 Å². The molecule has 0 bridgehead atoms. The van der Waals surface area contributed by atoms with E-state index in [1.54, 1.807) is 0 Å². The number of benzene rings is 3. The van der Waals surface area contributed by atoms with Crippen LogP contribution in [0.5, 0.6) is 17.2 Å². The number of nitrogens with zero attached hydrogens (tertiary/aromatic N) is 3. The van der Waals surface area contributed by atoms with E-state index < -0.39 is 0 Å². The smallest absolute Gasteiger partial charge is 0.344 e. The van der Waals surface area contributed by atoms with Gasteiger partial charge in [-0.25, -0.2) is 4.79 Å². The lowest BCUT2D eigenvalue weighted by molar-refractivity contribution is 0.183. The van der Waals surface area contributed by atoms with Crippen molar-refractivity contribution in [2.45, 2.75) is 57.8 Å². The number of hydrogen-bond acceptors (Lipinski definition) is 8. The van der Waals surface area contributed by atoms with E-state index in [0.29, 0.717) is 36.7 Å². The molecule has 3 saturated heterocycles. The van der Waals surface area contributed by atoms with Crippen molar-refractivity contribution in [1.82, 2.24) is 14.7 Å². The van der Waals surface area contributed by atoms with Gasteiger partial charge in [-0.3, -0.25) is 14.7 Å². The summed E-state index contributed by atoms with van der Waals surface area (Å²) in [5, 5.41) is 0.864. The van der Waals surface area contributed by atoms with Crippen molar-refractivity contribution in [3.05, 3.63) is 77.2 Å². The summed E-state index contributed by atoms with van der Waals surface area (Å²) in [6, 6.07) is 21.8. The Balaban J connectivity index is 1.11. The van der Waals surface area contributed by atoms with Gasteiger partial charge in [-0.15, -0.1) is 0 Å². The Morgan fingerprint density at radius 1 is 0.480 bits per heavy atom. The van der Waals surface area contributed by atoms with Gasteiger partial charge in [0.15, 0.2) is 0 Å². The minimum Gasteiger partial charge on any atom is -0.492 e. The summed E-state index contributed by atoms with van der Waals surface area (Å²) in [5.74, 6) is 2.34. The molecule has 50 heavy (non-hydrogen) atoms. The van der Waals surface area contributed by atoms with Crippen LogP contribution in [0.3, 0.4) is 0 Å². The van der Waals surface area contributed by atoms with E-state index in [1.807, 2.05) is 54.6 Å². The molecule has 3 fully saturated rings. The maximum atomic E-state index is 13.9. The van der Waals surface area contributed by atoms with Crippen LogP contribution in [0.1, 0.15) is 57.8 Å². The summed E-state index contributed by atoms with van der Waals surface area (Å²) in [6.07, 6.45) is 11.6.